The second-order valence-electron chi connectivity index (χ2n) is 6.34. The van der Waals surface area contributed by atoms with Crippen LogP contribution in [-0.4, -0.2) is 21.8 Å². The zero-order valence-electron chi connectivity index (χ0n) is 15.4. The molecule has 3 aromatic rings. The van der Waals surface area contributed by atoms with E-state index in [4.69, 9.17) is 4.74 Å². The smallest absolute Gasteiger partial charge is 0.342 e. The van der Waals surface area contributed by atoms with Crippen LogP contribution >= 0.6 is 0 Å². The number of carbonyl (C=O) groups excluding carboxylic acids is 2. The molecular weight excluding hydrogens is 374 g/mol. The number of nitro benzene ring substituents is 1. The van der Waals surface area contributed by atoms with Gasteiger partial charge in [-0.2, -0.15) is 0 Å². The van der Waals surface area contributed by atoms with Crippen LogP contribution in [0, 0.1) is 17.0 Å². The molecule has 0 amide bonds. The summed E-state index contributed by atoms with van der Waals surface area (Å²) in [5, 5.41) is 21.0. The highest BCUT2D eigenvalue weighted by Gasteiger charge is 2.28. The van der Waals surface area contributed by atoms with Crippen LogP contribution in [0.4, 0.5) is 5.69 Å². The van der Waals surface area contributed by atoms with Gasteiger partial charge in [-0.15, -0.1) is 0 Å². The molecule has 3 rings (SSSR count). The Kier molecular flexibility index (Phi) is 5.69. The van der Waals surface area contributed by atoms with Crippen LogP contribution in [-0.2, 0) is 4.74 Å². The minimum atomic E-state index is -1.33. The summed E-state index contributed by atoms with van der Waals surface area (Å²) in [6.07, 6.45) is -1.33. The number of hydrogen-bond donors (Lipinski definition) is 1. The lowest BCUT2D eigenvalue weighted by Gasteiger charge is -2.18. The molecule has 0 unspecified atom stereocenters. The highest BCUT2D eigenvalue weighted by molar-refractivity contribution is 6.02. The number of aromatic hydroxyl groups is 1. The Balaban J connectivity index is 1.98. The van der Waals surface area contributed by atoms with E-state index in [0.717, 1.165) is 0 Å². The number of nitrogens with zero attached hydrogens (tertiary/aromatic N) is 1. The van der Waals surface area contributed by atoms with E-state index in [1.54, 1.807) is 49.4 Å². The first-order valence-electron chi connectivity index (χ1n) is 8.71. The Labute approximate surface area is 166 Å². The molecule has 0 saturated carbocycles. The number of phenolic OH excluding ortho intramolecular Hbond substituents is 1. The van der Waals surface area contributed by atoms with Crippen LogP contribution < -0.4 is 0 Å². The number of para-hydroxylation sites is 1. The molecule has 0 aliphatic heterocycles. The number of ketones is 1. The van der Waals surface area contributed by atoms with E-state index in [0.29, 0.717) is 11.1 Å². The van der Waals surface area contributed by atoms with Crippen molar-refractivity contribution < 1.29 is 24.4 Å². The molecule has 0 radical (unpaired) electrons. The first kappa shape index (κ1) is 19.8. The summed E-state index contributed by atoms with van der Waals surface area (Å²) in [5.41, 5.74) is 0.864. The van der Waals surface area contributed by atoms with Crippen LogP contribution in [0.2, 0.25) is 0 Å². The van der Waals surface area contributed by atoms with Gasteiger partial charge < -0.3 is 9.84 Å². The fraction of sp³-hybridized carbons (Fsp3) is 0.0909. The Morgan fingerprint density at radius 2 is 1.62 bits per heavy atom. The molecule has 1 N–H and O–H groups in total. The molecule has 29 heavy (non-hydrogen) atoms. The second-order valence-corrected chi connectivity index (χ2v) is 6.34. The predicted molar refractivity (Wildman–Crippen MR) is 105 cm³/mol. The standard InChI is InChI=1S/C22H17NO6/c1-14-6-5-9-18(19(14)24)22(26)29-21(20(25)15-7-3-2-4-8-15)16-10-12-17(13-11-16)23(27)28/h2-13,21,24H,1H3/t21-/m0/s1. The van der Waals surface area contributed by atoms with Gasteiger partial charge in [0, 0.05) is 23.3 Å². The van der Waals surface area contributed by atoms with Crippen molar-refractivity contribution in [3.05, 3.63) is 105 Å². The SMILES string of the molecule is Cc1cccc(C(=O)O[C@H](C(=O)c2ccccc2)c2ccc([N+](=O)[O-])cc2)c1O. The minimum absolute atomic E-state index is 0.0715. The number of Topliss-reactive ketones (excluding diaryl/α,β-unsaturated/α-hetero) is 1. The summed E-state index contributed by atoms with van der Waals surface area (Å²) in [5.74, 6) is -1.59. The average molecular weight is 391 g/mol. The van der Waals surface area contributed by atoms with Gasteiger partial charge in [0.05, 0.1) is 4.92 Å². The number of carbonyl (C=O) groups is 2. The van der Waals surface area contributed by atoms with Crippen molar-refractivity contribution in [1.82, 2.24) is 0 Å². The van der Waals surface area contributed by atoms with Crippen molar-refractivity contribution in [2.45, 2.75) is 13.0 Å². The normalized spacial score (nSPS) is 11.5. The average Bonchev–Trinajstić information content (AvgIpc) is 2.74. The number of rotatable bonds is 6. The van der Waals surface area contributed by atoms with Crippen LogP contribution in [0.25, 0.3) is 0 Å². The fourth-order valence-corrected chi connectivity index (χ4v) is 2.79. The van der Waals surface area contributed by atoms with E-state index in [1.165, 1.54) is 30.3 Å². The number of non-ortho nitro benzene ring substituents is 1. The molecule has 0 aromatic heterocycles. The molecule has 7 heteroatoms. The fourth-order valence-electron chi connectivity index (χ4n) is 2.79. The van der Waals surface area contributed by atoms with E-state index in [1.807, 2.05) is 0 Å². The van der Waals surface area contributed by atoms with Gasteiger partial charge >= 0.3 is 5.97 Å². The van der Waals surface area contributed by atoms with E-state index in [9.17, 15) is 24.8 Å². The molecule has 7 nitrogen and oxygen atoms in total. The van der Waals surface area contributed by atoms with Gasteiger partial charge in [-0.3, -0.25) is 14.9 Å². The molecule has 0 aliphatic carbocycles. The van der Waals surface area contributed by atoms with E-state index >= 15 is 0 Å². The second kappa shape index (κ2) is 8.35. The molecule has 0 saturated heterocycles. The summed E-state index contributed by atoms with van der Waals surface area (Å²) in [6.45, 7) is 1.63. The molecule has 0 aliphatic rings. The van der Waals surface area contributed by atoms with E-state index < -0.39 is 22.8 Å². The number of benzene rings is 3. The van der Waals surface area contributed by atoms with E-state index in [-0.39, 0.29) is 22.6 Å². The largest absolute Gasteiger partial charge is 0.507 e. The summed E-state index contributed by atoms with van der Waals surface area (Å²) in [6, 6.07) is 18.1. The molecule has 1 atom stereocenters. The Morgan fingerprint density at radius 1 is 0.966 bits per heavy atom. The topological polar surface area (TPSA) is 107 Å². The van der Waals surface area contributed by atoms with Crippen molar-refractivity contribution in [2.75, 3.05) is 0 Å². The summed E-state index contributed by atoms with van der Waals surface area (Å²) in [7, 11) is 0. The summed E-state index contributed by atoms with van der Waals surface area (Å²) < 4.78 is 5.46. The quantitative estimate of drug-likeness (QED) is 0.289. The van der Waals surface area contributed by atoms with Crippen LogP contribution in [0.1, 0.15) is 37.9 Å². The monoisotopic (exact) mass is 391 g/mol. The zero-order valence-corrected chi connectivity index (χ0v) is 15.4. The number of aryl methyl sites for hydroxylation is 1. The molecule has 0 heterocycles. The molecule has 0 spiro atoms. The van der Waals surface area contributed by atoms with Gasteiger partial charge in [0.2, 0.25) is 5.78 Å². The van der Waals surface area contributed by atoms with Crippen LogP contribution in [0.5, 0.6) is 5.75 Å². The third-order valence-corrected chi connectivity index (χ3v) is 4.39. The first-order chi connectivity index (χ1) is 13.9. The number of phenols is 1. The highest BCUT2D eigenvalue weighted by Crippen LogP contribution is 2.28. The zero-order chi connectivity index (χ0) is 21.0. The van der Waals surface area contributed by atoms with Crippen LogP contribution in [0.3, 0.4) is 0 Å². The van der Waals surface area contributed by atoms with Crippen molar-refractivity contribution in [1.29, 1.82) is 0 Å². The van der Waals surface area contributed by atoms with Gasteiger partial charge in [0.15, 0.2) is 6.10 Å². The number of ether oxygens (including phenoxy) is 1. The van der Waals surface area contributed by atoms with Gasteiger partial charge in [-0.05, 0) is 30.7 Å². The summed E-state index contributed by atoms with van der Waals surface area (Å²) in [4.78, 5) is 36.0. The van der Waals surface area contributed by atoms with Crippen molar-refractivity contribution >= 4 is 17.4 Å². The molecule has 146 valence electrons. The third kappa shape index (κ3) is 4.30. The lowest BCUT2D eigenvalue weighted by Crippen LogP contribution is -2.20. The van der Waals surface area contributed by atoms with E-state index in [2.05, 4.69) is 0 Å². The van der Waals surface area contributed by atoms with Gasteiger partial charge in [0.25, 0.3) is 5.69 Å². The Morgan fingerprint density at radius 3 is 2.24 bits per heavy atom. The lowest BCUT2D eigenvalue weighted by molar-refractivity contribution is -0.384. The van der Waals surface area contributed by atoms with Crippen molar-refractivity contribution in [2.24, 2.45) is 0 Å². The number of hydrogen-bond acceptors (Lipinski definition) is 6. The minimum Gasteiger partial charge on any atom is -0.507 e. The number of esters is 1. The first-order valence-corrected chi connectivity index (χ1v) is 8.71. The van der Waals surface area contributed by atoms with Crippen LogP contribution in [0.15, 0.2) is 72.8 Å². The van der Waals surface area contributed by atoms with Crippen molar-refractivity contribution in [3.8, 4) is 5.75 Å². The third-order valence-electron chi connectivity index (χ3n) is 4.39. The van der Waals surface area contributed by atoms with Gasteiger partial charge in [-0.25, -0.2) is 4.79 Å². The molecule has 0 fully saturated rings. The maximum absolute atomic E-state index is 13.0. The molecular formula is C22H17NO6. The molecule has 3 aromatic carbocycles. The Hall–Kier alpha value is -4.00. The van der Waals surface area contributed by atoms with Crippen molar-refractivity contribution in [3.63, 3.8) is 0 Å². The molecule has 0 bridgehead atoms. The van der Waals surface area contributed by atoms with Gasteiger partial charge in [-0.1, -0.05) is 42.5 Å². The maximum atomic E-state index is 13.0. The lowest BCUT2D eigenvalue weighted by atomic mass is 9.99. The van der Waals surface area contributed by atoms with Gasteiger partial charge in [0.1, 0.15) is 11.3 Å². The predicted octanol–water partition coefficient (Wildman–Crippen LogP) is 4.39. The number of nitro groups is 1. The maximum Gasteiger partial charge on any atom is 0.342 e. The highest BCUT2D eigenvalue weighted by atomic mass is 16.6. The summed E-state index contributed by atoms with van der Waals surface area (Å²) >= 11 is 0. The Bertz CT molecular complexity index is 1060.